The summed E-state index contributed by atoms with van der Waals surface area (Å²) in [7, 11) is 0. The van der Waals surface area contributed by atoms with Crippen molar-refractivity contribution in [1.82, 2.24) is 5.16 Å². The summed E-state index contributed by atoms with van der Waals surface area (Å²) < 4.78 is 4.63. The Morgan fingerprint density at radius 1 is 0.944 bits per heavy atom. The first-order valence-electron chi connectivity index (χ1n) is 7.50. The van der Waals surface area contributed by atoms with Crippen LogP contribution in [0.4, 0.5) is 0 Å². The summed E-state index contributed by atoms with van der Waals surface area (Å²) in [4.78, 5) is 10.8. The zero-order valence-electron chi connectivity index (χ0n) is 11.7. The van der Waals surface area contributed by atoms with E-state index in [2.05, 4.69) is 16.6 Å². The third-order valence-corrected chi connectivity index (χ3v) is 3.37. The van der Waals surface area contributed by atoms with Gasteiger partial charge >= 0.3 is 5.63 Å². The molecule has 0 aromatic carbocycles. The molecule has 1 aromatic heterocycles. The first kappa shape index (κ1) is 15.1. The second kappa shape index (κ2) is 9.98. The third kappa shape index (κ3) is 7.36. The number of H-pyrrole nitrogens is 1. The van der Waals surface area contributed by atoms with Gasteiger partial charge in [0.05, 0.1) is 5.69 Å². The van der Waals surface area contributed by atoms with Gasteiger partial charge in [0.25, 0.3) is 0 Å². The molecule has 0 atom stereocenters. The van der Waals surface area contributed by atoms with Crippen molar-refractivity contribution >= 4 is 0 Å². The quantitative estimate of drug-likeness (QED) is 0.593. The van der Waals surface area contributed by atoms with Crippen LogP contribution in [0.3, 0.4) is 0 Å². The summed E-state index contributed by atoms with van der Waals surface area (Å²) in [5.41, 5.74) is 0.664. The molecule has 3 heteroatoms. The molecule has 0 amide bonds. The van der Waals surface area contributed by atoms with Gasteiger partial charge in [-0.25, -0.2) is 9.95 Å². The molecule has 104 valence electrons. The molecular formula is C15H27NO2. The number of unbranched alkanes of at least 4 members (excludes halogenated alkanes) is 9. The van der Waals surface area contributed by atoms with Crippen LogP contribution in [-0.2, 0) is 6.42 Å². The largest absolute Gasteiger partial charge is 0.357 e. The summed E-state index contributed by atoms with van der Waals surface area (Å²) in [6.45, 7) is 2.26. The average Bonchev–Trinajstić information content (AvgIpc) is 2.77. The smallest absolute Gasteiger partial charge is 0.339 e. The fourth-order valence-corrected chi connectivity index (χ4v) is 2.24. The van der Waals surface area contributed by atoms with Gasteiger partial charge in [-0.3, -0.25) is 0 Å². The second-order valence-corrected chi connectivity index (χ2v) is 5.12. The molecule has 0 fully saturated rings. The van der Waals surface area contributed by atoms with Gasteiger partial charge in [0.2, 0.25) is 0 Å². The lowest BCUT2D eigenvalue weighted by atomic mass is 10.1. The first-order chi connectivity index (χ1) is 8.83. The van der Waals surface area contributed by atoms with E-state index in [0.717, 1.165) is 18.5 Å². The topological polar surface area (TPSA) is 46.0 Å². The first-order valence-corrected chi connectivity index (χ1v) is 7.50. The number of nitrogens with one attached hydrogen (secondary N) is 1. The number of rotatable bonds is 11. The van der Waals surface area contributed by atoms with Crippen molar-refractivity contribution in [3.8, 4) is 0 Å². The Labute approximate surface area is 110 Å². The normalized spacial score (nSPS) is 10.9. The van der Waals surface area contributed by atoms with E-state index in [4.69, 9.17) is 0 Å². The molecule has 1 rings (SSSR count). The Balaban J connectivity index is 1.83. The van der Waals surface area contributed by atoms with Crippen molar-refractivity contribution in [1.29, 1.82) is 0 Å². The van der Waals surface area contributed by atoms with Crippen molar-refractivity contribution in [3.05, 3.63) is 22.2 Å². The fourth-order valence-electron chi connectivity index (χ4n) is 2.24. The number of hydrogen-bond acceptors (Lipinski definition) is 2. The van der Waals surface area contributed by atoms with Crippen molar-refractivity contribution in [2.75, 3.05) is 0 Å². The van der Waals surface area contributed by atoms with Crippen molar-refractivity contribution in [3.63, 3.8) is 0 Å². The summed E-state index contributed by atoms with van der Waals surface area (Å²) in [5.74, 6) is 0. The lowest BCUT2D eigenvalue weighted by Crippen LogP contribution is -1.88. The van der Waals surface area contributed by atoms with Crippen LogP contribution >= 0.6 is 0 Å². The standard InChI is InChI=1S/C15H27NO2/c1-2-3-4-5-6-7-8-9-10-11-12-14-13-15(17)18-16-14/h13,16H,2-12H2,1H3. The van der Waals surface area contributed by atoms with Crippen molar-refractivity contribution < 1.29 is 4.52 Å². The van der Waals surface area contributed by atoms with E-state index in [1.807, 2.05) is 0 Å². The predicted octanol–water partition coefficient (Wildman–Crippen LogP) is 4.43. The number of aryl methyl sites for hydroxylation is 1. The highest BCUT2D eigenvalue weighted by Gasteiger charge is 1.98. The fraction of sp³-hybridized carbons (Fsp3) is 0.800. The summed E-state index contributed by atoms with van der Waals surface area (Å²) in [6, 6.07) is 1.55. The minimum Gasteiger partial charge on any atom is -0.339 e. The van der Waals surface area contributed by atoms with Crippen LogP contribution in [0.2, 0.25) is 0 Å². The van der Waals surface area contributed by atoms with E-state index in [9.17, 15) is 4.79 Å². The van der Waals surface area contributed by atoms with E-state index >= 15 is 0 Å². The maximum atomic E-state index is 10.8. The molecule has 0 unspecified atom stereocenters. The molecule has 0 saturated carbocycles. The Kier molecular flexibility index (Phi) is 8.36. The number of aromatic amines is 1. The average molecular weight is 253 g/mol. The molecule has 1 aromatic rings. The summed E-state index contributed by atoms with van der Waals surface area (Å²) in [5, 5.41) is 2.65. The van der Waals surface area contributed by atoms with Gasteiger partial charge in [0.1, 0.15) is 0 Å². The van der Waals surface area contributed by atoms with Gasteiger partial charge in [-0.05, 0) is 12.8 Å². The molecule has 1 heterocycles. The Morgan fingerprint density at radius 3 is 2.00 bits per heavy atom. The van der Waals surface area contributed by atoms with Crippen LogP contribution in [0.25, 0.3) is 0 Å². The highest BCUT2D eigenvalue weighted by molar-refractivity contribution is 4.95. The van der Waals surface area contributed by atoms with Crippen LogP contribution in [0, 0.1) is 0 Å². The minimum atomic E-state index is -0.267. The minimum absolute atomic E-state index is 0.267. The second-order valence-electron chi connectivity index (χ2n) is 5.12. The molecule has 0 bridgehead atoms. The highest BCUT2D eigenvalue weighted by Crippen LogP contribution is 2.11. The Bertz CT molecular complexity index is 340. The molecule has 0 aliphatic rings. The molecule has 0 aliphatic carbocycles. The number of hydrogen-bond donors (Lipinski definition) is 1. The van der Waals surface area contributed by atoms with E-state index in [1.54, 1.807) is 6.07 Å². The van der Waals surface area contributed by atoms with Crippen molar-refractivity contribution in [2.24, 2.45) is 0 Å². The molecule has 0 saturated heterocycles. The van der Waals surface area contributed by atoms with E-state index < -0.39 is 0 Å². The molecule has 0 radical (unpaired) electrons. The molecule has 18 heavy (non-hydrogen) atoms. The van der Waals surface area contributed by atoms with E-state index in [-0.39, 0.29) is 5.63 Å². The molecular weight excluding hydrogens is 226 g/mol. The van der Waals surface area contributed by atoms with E-state index in [1.165, 1.54) is 57.8 Å². The van der Waals surface area contributed by atoms with Gasteiger partial charge in [0, 0.05) is 6.07 Å². The molecule has 0 spiro atoms. The summed E-state index contributed by atoms with van der Waals surface area (Å²) >= 11 is 0. The molecule has 3 nitrogen and oxygen atoms in total. The lowest BCUT2D eigenvalue weighted by molar-refractivity contribution is 0.384. The zero-order valence-corrected chi connectivity index (χ0v) is 11.7. The monoisotopic (exact) mass is 253 g/mol. The van der Waals surface area contributed by atoms with Gasteiger partial charge in [-0.1, -0.05) is 64.7 Å². The van der Waals surface area contributed by atoms with Crippen LogP contribution in [0.15, 0.2) is 15.4 Å². The van der Waals surface area contributed by atoms with E-state index in [0.29, 0.717) is 0 Å². The van der Waals surface area contributed by atoms with Crippen LogP contribution in [-0.4, -0.2) is 5.16 Å². The number of aromatic nitrogens is 1. The maximum absolute atomic E-state index is 10.8. The van der Waals surface area contributed by atoms with Gasteiger partial charge in [-0.2, -0.15) is 0 Å². The Morgan fingerprint density at radius 2 is 1.50 bits per heavy atom. The SMILES string of the molecule is CCCCCCCCCCCCc1cc(=O)o[nH]1. The van der Waals surface area contributed by atoms with Gasteiger partial charge in [-0.15, -0.1) is 0 Å². The van der Waals surface area contributed by atoms with Crippen LogP contribution in [0.5, 0.6) is 0 Å². The van der Waals surface area contributed by atoms with Gasteiger partial charge in [0.15, 0.2) is 0 Å². The van der Waals surface area contributed by atoms with Crippen LogP contribution < -0.4 is 5.63 Å². The summed E-state index contributed by atoms with van der Waals surface area (Å²) in [6.07, 6.45) is 14.3. The zero-order chi connectivity index (χ0) is 13.1. The van der Waals surface area contributed by atoms with Crippen LogP contribution in [0.1, 0.15) is 76.8 Å². The van der Waals surface area contributed by atoms with Crippen molar-refractivity contribution in [2.45, 2.75) is 77.6 Å². The predicted molar refractivity (Wildman–Crippen MR) is 74.9 cm³/mol. The lowest BCUT2D eigenvalue weighted by Gasteiger charge is -2.01. The van der Waals surface area contributed by atoms with Gasteiger partial charge < -0.3 is 4.52 Å². The molecule has 0 aliphatic heterocycles. The maximum Gasteiger partial charge on any atom is 0.357 e. The Hall–Kier alpha value is -0.990. The molecule has 1 N–H and O–H groups in total. The third-order valence-electron chi connectivity index (χ3n) is 3.37. The highest BCUT2D eigenvalue weighted by atomic mass is 16.5.